The van der Waals surface area contributed by atoms with E-state index in [1.807, 2.05) is 35.7 Å². The van der Waals surface area contributed by atoms with Crippen LogP contribution in [0.2, 0.25) is 0 Å². The first-order valence-corrected chi connectivity index (χ1v) is 9.11. The average Bonchev–Trinajstić information content (AvgIpc) is 3.23. The Bertz CT molecular complexity index is 1150. The van der Waals surface area contributed by atoms with Crippen molar-refractivity contribution in [3.63, 3.8) is 0 Å². The van der Waals surface area contributed by atoms with Crippen molar-refractivity contribution in [1.82, 2.24) is 9.97 Å². The fourth-order valence-corrected chi connectivity index (χ4v) is 3.66. The lowest BCUT2D eigenvalue weighted by molar-refractivity contribution is 0.628. The maximum Gasteiger partial charge on any atom is 0.123 e. The van der Waals surface area contributed by atoms with Gasteiger partial charge in [0.25, 0.3) is 0 Å². The van der Waals surface area contributed by atoms with Gasteiger partial charge in [-0.25, -0.2) is 14.4 Å². The Morgan fingerprint density at radius 2 is 1.81 bits per heavy atom. The van der Waals surface area contributed by atoms with Crippen molar-refractivity contribution in [1.29, 1.82) is 5.41 Å². The fraction of sp³-hybridized carbons (Fsp3) is 0. The van der Waals surface area contributed by atoms with Crippen molar-refractivity contribution in [2.24, 2.45) is 5.73 Å². The van der Waals surface area contributed by atoms with Gasteiger partial charge >= 0.3 is 0 Å². The second kappa shape index (κ2) is 7.09. The molecule has 27 heavy (non-hydrogen) atoms. The number of hydrogen-bond donors (Lipinski definition) is 2. The van der Waals surface area contributed by atoms with Crippen LogP contribution in [0.4, 0.5) is 4.39 Å². The van der Waals surface area contributed by atoms with Crippen LogP contribution in [0.1, 0.15) is 11.1 Å². The third kappa shape index (κ3) is 3.22. The third-order valence-electron chi connectivity index (χ3n) is 4.27. The van der Waals surface area contributed by atoms with E-state index in [1.165, 1.54) is 18.3 Å². The van der Waals surface area contributed by atoms with Crippen molar-refractivity contribution in [2.75, 3.05) is 0 Å². The molecule has 4 nitrogen and oxygen atoms in total. The van der Waals surface area contributed by atoms with E-state index in [0.717, 1.165) is 27.0 Å². The molecule has 0 aliphatic heterocycles. The summed E-state index contributed by atoms with van der Waals surface area (Å²) in [6.07, 6.45) is 2.96. The summed E-state index contributed by atoms with van der Waals surface area (Å²) in [5.74, 6) is -0.340. The van der Waals surface area contributed by atoms with Crippen LogP contribution in [-0.2, 0) is 0 Å². The third-order valence-corrected chi connectivity index (χ3v) is 5.15. The van der Waals surface area contributed by atoms with Gasteiger partial charge in [-0.05, 0) is 53.4 Å². The summed E-state index contributed by atoms with van der Waals surface area (Å²) in [7, 11) is 0. The Morgan fingerprint density at radius 3 is 2.52 bits per heavy atom. The van der Waals surface area contributed by atoms with E-state index in [1.54, 1.807) is 29.8 Å². The highest BCUT2D eigenvalue weighted by molar-refractivity contribution is 7.13. The van der Waals surface area contributed by atoms with Crippen molar-refractivity contribution in [2.45, 2.75) is 0 Å². The van der Waals surface area contributed by atoms with E-state index >= 15 is 0 Å². The summed E-state index contributed by atoms with van der Waals surface area (Å²) >= 11 is 1.61. The summed E-state index contributed by atoms with van der Waals surface area (Å²) in [6, 6.07) is 15.5. The molecule has 4 aromatic rings. The number of allylic oxidation sites excluding steroid dienone is 1. The second-order valence-electron chi connectivity index (χ2n) is 5.89. The molecule has 6 heteroatoms. The molecule has 0 spiro atoms. The molecule has 2 heterocycles. The smallest absolute Gasteiger partial charge is 0.123 e. The first-order valence-electron chi connectivity index (χ1n) is 8.23. The molecule has 0 saturated carbocycles. The quantitative estimate of drug-likeness (QED) is 0.501. The molecule has 2 aromatic carbocycles. The predicted octanol–water partition coefficient (Wildman–Crippen LogP) is 4.87. The Balaban J connectivity index is 1.82. The Hall–Kier alpha value is -3.38. The number of aromatic nitrogens is 2. The van der Waals surface area contributed by atoms with E-state index in [0.29, 0.717) is 11.1 Å². The molecular weight excluding hydrogens is 359 g/mol. The molecule has 2 aromatic heterocycles. The molecule has 132 valence electrons. The summed E-state index contributed by atoms with van der Waals surface area (Å²) in [6.45, 7) is 0. The zero-order chi connectivity index (χ0) is 18.8. The maximum absolute atomic E-state index is 13.2. The molecule has 4 rings (SSSR count). The molecule has 0 atom stereocenters. The number of nitrogens with one attached hydrogen (secondary N) is 1. The largest absolute Gasteiger partial charge is 0.404 e. The lowest BCUT2D eigenvalue weighted by Gasteiger charge is -2.11. The van der Waals surface area contributed by atoms with E-state index in [9.17, 15) is 4.39 Å². The van der Waals surface area contributed by atoms with Crippen LogP contribution >= 0.6 is 11.3 Å². The maximum atomic E-state index is 13.2. The van der Waals surface area contributed by atoms with Gasteiger partial charge in [0.2, 0.25) is 0 Å². The molecule has 0 aliphatic rings. The van der Waals surface area contributed by atoms with Crippen LogP contribution < -0.4 is 5.73 Å². The highest BCUT2D eigenvalue weighted by Gasteiger charge is 2.14. The second-order valence-corrected chi connectivity index (χ2v) is 6.84. The van der Waals surface area contributed by atoms with Gasteiger partial charge in [0.05, 0.1) is 21.8 Å². The van der Waals surface area contributed by atoms with Crippen LogP contribution in [0.25, 0.3) is 27.0 Å². The first-order chi connectivity index (χ1) is 13.2. The van der Waals surface area contributed by atoms with Gasteiger partial charge in [-0.1, -0.05) is 12.1 Å². The number of halogens is 1. The number of rotatable bonds is 4. The number of benzene rings is 2. The van der Waals surface area contributed by atoms with Crippen LogP contribution in [0.3, 0.4) is 0 Å². The molecule has 0 aliphatic carbocycles. The molecule has 0 radical (unpaired) electrons. The van der Waals surface area contributed by atoms with Gasteiger partial charge in [0.15, 0.2) is 0 Å². The molecular formula is C21H15FN4S. The summed E-state index contributed by atoms with van der Waals surface area (Å²) in [4.78, 5) is 9.83. The lowest BCUT2D eigenvalue weighted by Crippen LogP contribution is -2.05. The fourth-order valence-electron chi connectivity index (χ4n) is 2.93. The van der Waals surface area contributed by atoms with Crippen LogP contribution in [0, 0.1) is 11.2 Å². The van der Waals surface area contributed by atoms with Crippen molar-refractivity contribution in [3.05, 3.63) is 89.4 Å². The predicted molar refractivity (Wildman–Crippen MR) is 108 cm³/mol. The molecule has 0 fully saturated rings. The van der Waals surface area contributed by atoms with Gasteiger partial charge in [0, 0.05) is 22.7 Å². The van der Waals surface area contributed by atoms with Crippen molar-refractivity contribution < 1.29 is 4.39 Å². The van der Waals surface area contributed by atoms with E-state index in [4.69, 9.17) is 11.1 Å². The van der Waals surface area contributed by atoms with Gasteiger partial charge in [-0.15, -0.1) is 11.3 Å². The van der Waals surface area contributed by atoms with Crippen LogP contribution in [-0.4, -0.2) is 15.7 Å². The van der Waals surface area contributed by atoms with Gasteiger partial charge in [-0.2, -0.15) is 0 Å². The molecule has 0 saturated heterocycles. The standard InChI is InChI=1S/C21H15FN4S/c22-15-6-3-13(4-7-15)20(24)17(11-23)14-5-8-18-16(10-14)21(26-12-25-18)19-2-1-9-27-19/h1-12,24H,23H2/b17-11-,24-20?. The first kappa shape index (κ1) is 17.1. The van der Waals surface area contributed by atoms with Crippen LogP contribution in [0.15, 0.2) is 72.5 Å². The molecule has 3 N–H and O–H groups in total. The minimum Gasteiger partial charge on any atom is -0.404 e. The van der Waals surface area contributed by atoms with E-state index in [2.05, 4.69) is 9.97 Å². The van der Waals surface area contributed by atoms with Crippen molar-refractivity contribution >= 4 is 33.5 Å². The number of nitrogens with two attached hydrogens (primary N) is 1. The topological polar surface area (TPSA) is 75.7 Å². The van der Waals surface area contributed by atoms with Gasteiger partial charge in [0.1, 0.15) is 12.1 Å². The molecule has 0 bridgehead atoms. The monoisotopic (exact) mass is 374 g/mol. The molecule has 0 unspecified atom stereocenters. The number of nitrogens with zero attached hydrogens (tertiary/aromatic N) is 2. The van der Waals surface area contributed by atoms with Crippen molar-refractivity contribution in [3.8, 4) is 10.6 Å². The zero-order valence-electron chi connectivity index (χ0n) is 14.2. The van der Waals surface area contributed by atoms with Gasteiger partial charge in [-0.3, -0.25) is 5.41 Å². The molecule has 0 amide bonds. The number of hydrogen-bond acceptors (Lipinski definition) is 5. The highest BCUT2D eigenvalue weighted by Crippen LogP contribution is 2.31. The Kier molecular flexibility index (Phi) is 4.48. The Morgan fingerprint density at radius 1 is 1.04 bits per heavy atom. The van der Waals surface area contributed by atoms with Crippen LogP contribution in [0.5, 0.6) is 0 Å². The Labute approximate surface area is 159 Å². The van der Waals surface area contributed by atoms with E-state index < -0.39 is 0 Å². The lowest BCUT2D eigenvalue weighted by atomic mass is 9.95. The number of thiophene rings is 1. The van der Waals surface area contributed by atoms with E-state index in [-0.39, 0.29) is 11.5 Å². The minimum atomic E-state index is -0.340. The SMILES string of the molecule is N=C(/C(=C\N)c1ccc2ncnc(-c3cccs3)c2c1)c1ccc(F)cc1. The summed E-state index contributed by atoms with van der Waals surface area (Å²) in [5, 5.41) is 11.4. The number of fused-ring (bicyclic) bond motifs is 1. The normalized spacial score (nSPS) is 11.7. The minimum absolute atomic E-state index is 0.228. The summed E-state index contributed by atoms with van der Waals surface area (Å²) < 4.78 is 13.2. The zero-order valence-corrected chi connectivity index (χ0v) is 15.0. The highest BCUT2D eigenvalue weighted by atomic mass is 32.1. The average molecular weight is 374 g/mol. The summed E-state index contributed by atoms with van der Waals surface area (Å²) in [5.41, 5.74) is 9.68. The van der Waals surface area contributed by atoms with Gasteiger partial charge < -0.3 is 5.73 Å².